The van der Waals surface area contributed by atoms with Gasteiger partial charge in [-0.25, -0.2) is 4.79 Å². The second kappa shape index (κ2) is 12.3. The molecule has 2 fully saturated rings. The van der Waals surface area contributed by atoms with E-state index < -0.39 is 6.09 Å². The van der Waals surface area contributed by atoms with Gasteiger partial charge in [0.25, 0.3) is 0 Å². The third-order valence-corrected chi connectivity index (χ3v) is 5.64. The van der Waals surface area contributed by atoms with E-state index in [0.29, 0.717) is 17.3 Å². The molecule has 0 bridgehead atoms. The molecule has 1 unspecified atom stereocenters. The molecule has 31 heavy (non-hydrogen) atoms. The number of nitrogens with zero attached hydrogens (tertiary/aromatic N) is 3. The predicted octanol–water partition coefficient (Wildman–Crippen LogP) is 5.86. The second-order valence-corrected chi connectivity index (χ2v) is 8.02. The summed E-state index contributed by atoms with van der Waals surface area (Å²) in [6, 6.07) is 11.1. The highest BCUT2D eigenvalue weighted by Crippen LogP contribution is 2.23. The van der Waals surface area contributed by atoms with Crippen molar-refractivity contribution in [3.05, 3.63) is 47.2 Å². The van der Waals surface area contributed by atoms with Crippen molar-refractivity contribution in [1.29, 1.82) is 0 Å². The number of piperidine rings is 1. The third kappa shape index (κ3) is 7.14. The maximum atomic E-state index is 12.1. The zero-order chi connectivity index (χ0) is 20.1. The first-order valence-electron chi connectivity index (χ1n) is 10.3. The van der Waals surface area contributed by atoms with Crippen molar-refractivity contribution in [3.8, 4) is 11.3 Å². The summed E-state index contributed by atoms with van der Waals surface area (Å²) in [5.41, 5.74) is 0.934. The largest absolute Gasteiger partial charge is 0.455 e. The number of furan rings is 1. The van der Waals surface area contributed by atoms with Crippen molar-refractivity contribution in [2.24, 2.45) is 5.10 Å². The molecule has 2 saturated heterocycles. The van der Waals surface area contributed by atoms with Crippen molar-refractivity contribution >= 4 is 48.7 Å². The van der Waals surface area contributed by atoms with Crippen LogP contribution >= 0.6 is 36.4 Å². The van der Waals surface area contributed by atoms with Crippen molar-refractivity contribution in [1.82, 2.24) is 9.91 Å². The van der Waals surface area contributed by atoms with Crippen LogP contribution in [0.15, 0.2) is 45.9 Å². The summed E-state index contributed by atoms with van der Waals surface area (Å²) in [7, 11) is 0. The zero-order valence-corrected chi connectivity index (χ0v) is 19.6. The molecule has 0 radical (unpaired) electrons. The van der Waals surface area contributed by atoms with Gasteiger partial charge in [0, 0.05) is 10.6 Å². The fraction of sp³-hybridized carbons (Fsp3) is 0.455. The van der Waals surface area contributed by atoms with Crippen LogP contribution in [0, 0.1) is 0 Å². The first-order valence-corrected chi connectivity index (χ1v) is 10.7. The molecule has 0 spiro atoms. The van der Waals surface area contributed by atoms with Crippen LogP contribution in [0.3, 0.4) is 0 Å². The highest BCUT2D eigenvalue weighted by molar-refractivity contribution is 6.30. The Morgan fingerprint density at radius 2 is 1.81 bits per heavy atom. The molecule has 1 atom stereocenters. The van der Waals surface area contributed by atoms with Crippen LogP contribution in [0.1, 0.15) is 37.9 Å². The Bertz CT molecular complexity index is 851. The van der Waals surface area contributed by atoms with Gasteiger partial charge in [0.05, 0.1) is 12.8 Å². The van der Waals surface area contributed by atoms with Crippen LogP contribution in [-0.4, -0.2) is 54.5 Å². The van der Waals surface area contributed by atoms with Gasteiger partial charge in [-0.2, -0.15) is 10.1 Å². The Hall–Kier alpha value is -1.73. The molecular formula is C22H28Cl3N3O3. The number of benzene rings is 1. The van der Waals surface area contributed by atoms with Crippen LogP contribution in [0.25, 0.3) is 11.3 Å². The molecule has 1 amide bonds. The number of carbonyl (C=O) groups excluding carboxylic acids is 1. The lowest BCUT2D eigenvalue weighted by Crippen LogP contribution is -2.31. The first kappa shape index (κ1) is 25.5. The molecule has 0 aliphatic carbocycles. The van der Waals surface area contributed by atoms with Crippen molar-refractivity contribution in [3.63, 3.8) is 0 Å². The molecular weight excluding hydrogens is 461 g/mol. The van der Waals surface area contributed by atoms with Gasteiger partial charge in [-0.05, 0) is 81.7 Å². The molecule has 2 aliphatic heterocycles. The lowest BCUT2D eigenvalue weighted by molar-refractivity contribution is 0.124. The van der Waals surface area contributed by atoms with Gasteiger partial charge in [-0.3, -0.25) is 0 Å². The van der Waals surface area contributed by atoms with Gasteiger partial charge in [-0.1, -0.05) is 18.0 Å². The van der Waals surface area contributed by atoms with E-state index in [1.54, 1.807) is 6.21 Å². The average molecular weight is 489 g/mol. The number of cyclic esters (lactones) is 1. The van der Waals surface area contributed by atoms with E-state index in [-0.39, 0.29) is 30.9 Å². The van der Waals surface area contributed by atoms with Crippen molar-refractivity contribution in [2.45, 2.75) is 38.2 Å². The molecule has 1 aromatic heterocycles. The number of amides is 1. The van der Waals surface area contributed by atoms with Gasteiger partial charge in [0.1, 0.15) is 17.6 Å². The van der Waals surface area contributed by atoms with E-state index in [9.17, 15) is 4.79 Å². The van der Waals surface area contributed by atoms with Crippen LogP contribution in [0.5, 0.6) is 0 Å². The minimum atomic E-state index is -0.395. The summed E-state index contributed by atoms with van der Waals surface area (Å²) >= 11 is 5.92. The Kier molecular flexibility index (Phi) is 10.2. The highest BCUT2D eigenvalue weighted by Gasteiger charge is 2.30. The molecule has 0 saturated carbocycles. The standard InChI is InChI=1S/C22H26ClN3O3.2ClH/c23-18-8-6-17(7-9-18)21-11-10-19(28-21)15-24-26-16-20(29-22(26)27)5-4-14-25-12-2-1-3-13-25;;/h6-11,15,20H,1-5,12-14,16H2;2*1H/b24-15+;;. The Morgan fingerprint density at radius 1 is 1.06 bits per heavy atom. The SMILES string of the molecule is Cl.Cl.O=C1OC(CCCN2CCCCC2)CN1/N=C/c1ccc(-c2ccc(Cl)cc2)o1. The lowest BCUT2D eigenvalue weighted by atomic mass is 10.1. The molecule has 1 aromatic carbocycles. The maximum Gasteiger partial charge on any atom is 0.430 e. The molecule has 2 aromatic rings. The van der Waals surface area contributed by atoms with Gasteiger partial charge in [0.2, 0.25) is 0 Å². The average Bonchev–Trinajstić information content (AvgIpc) is 3.34. The highest BCUT2D eigenvalue weighted by atomic mass is 35.5. The first-order chi connectivity index (χ1) is 14.2. The Labute approximate surface area is 200 Å². The van der Waals surface area contributed by atoms with Crippen LogP contribution in [0.2, 0.25) is 5.02 Å². The van der Waals surface area contributed by atoms with Gasteiger partial charge in [-0.15, -0.1) is 24.8 Å². The number of carbonyl (C=O) groups is 1. The summed E-state index contributed by atoms with van der Waals surface area (Å²) < 4.78 is 11.2. The van der Waals surface area contributed by atoms with Crippen LogP contribution in [-0.2, 0) is 4.74 Å². The molecule has 9 heteroatoms. The van der Waals surface area contributed by atoms with Crippen LogP contribution in [0.4, 0.5) is 4.79 Å². The van der Waals surface area contributed by atoms with Gasteiger partial charge in [0.15, 0.2) is 0 Å². The summed E-state index contributed by atoms with van der Waals surface area (Å²) in [4.78, 5) is 14.6. The number of likely N-dealkylation sites (tertiary alicyclic amines) is 1. The van der Waals surface area contributed by atoms with E-state index >= 15 is 0 Å². The van der Waals surface area contributed by atoms with Crippen molar-refractivity contribution < 1.29 is 13.9 Å². The lowest BCUT2D eigenvalue weighted by Gasteiger charge is -2.26. The predicted molar refractivity (Wildman–Crippen MR) is 128 cm³/mol. The molecule has 3 heterocycles. The third-order valence-electron chi connectivity index (χ3n) is 5.38. The number of halogens is 3. The fourth-order valence-electron chi connectivity index (χ4n) is 3.80. The normalized spacial score (nSPS) is 19.2. The summed E-state index contributed by atoms with van der Waals surface area (Å²) in [6.45, 7) is 3.96. The molecule has 4 rings (SSSR count). The van der Waals surface area contributed by atoms with Gasteiger partial charge >= 0.3 is 6.09 Å². The number of hydrazone groups is 1. The monoisotopic (exact) mass is 487 g/mol. The minimum Gasteiger partial charge on any atom is -0.455 e. The molecule has 6 nitrogen and oxygen atoms in total. The molecule has 170 valence electrons. The second-order valence-electron chi connectivity index (χ2n) is 7.59. The number of ether oxygens (including phenoxy) is 1. The summed E-state index contributed by atoms with van der Waals surface area (Å²) in [6.07, 6.45) is 6.92. The smallest absolute Gasteiger partial charge is 0.430 e. The maximum absolute atomic E-state index is 12.1. The minimum absolute atomic E-state index is 0. The fourth-order valence-corrected chi connectivity index (χ4v) is 3.92. The summed E-state index contributed by atoms with van der Waals surface area (Å²) in [5, 5.41) is 6.30. The number of hydrogen-bond donors (Lipinski definition) is 0. The molecule has 2 aliphatic rings. The molecule has 0 N–H and O–H groups in total. The van der Waals surface area contributed by atoms with Gasteiger partial charge < -0.3 is 14.1 Å². The van der Waals surface area contributed by atoms with Crippen molar-refractivity contribution in [2.75, 3.05) is 26.2 Å². The zero-order valence-electron chi connectivity index (χ0n) is 17.2. The number of rotatable bonds is 7. The van der Waals surface area contributed by atoms with E-state index in [4.69, 9.17) is 20.8 Å². The summed E-state index contributed by atoms with van der Waals surface area (Å²) in [5.74, 6) is 1.30. The number of hydrogen-bond acceptors (Lipinski definition) is 5. The van der Waals surface area contributed by atoms with Crippen LogP contribution < -0.4 is 0 Å². The van der Waals surface area contributed by atoms with E-state index in [0.717, 1.165) is 30.7 Å². The van der Waals surface area contributed by atoms with E-state index in [1.165, 1.54) is 37.4 Å². The van der Waals surface area contributed by atoms with E-state index in [1.807, 2.05) is 36.4 Å². The quantitative estimate of drug-likeness (QED) is 0.458. The topological polar surface area (TPSA) is 58.3 Å². The van der Waals surface area contributed by atoms with E-state index in [2.05, 4.69) is 10.0 Å². The Morgan fingerprint density at radius 3 is 2.55 bits per heavy atom. The Balaban J connectivity index is 0.00000171.